The van der Waals surface area contributed by atoms with E-state index in [1.807, 2.05) is 48.5 Å². The quantitative estimate of drug-likeness (QED) is 0.740. The van der Waals surface area contributed by atoms with Crippen molar-refractivity contribution in [2.75, 3.05) is 18.0 Å². The average molecular weight is 297 g/mol. The molecule has 2 aromatic rings. The lowest BCUT2D eigenvalue weighted by atomic mass is 10.1. The van der Waals surface area contributed by atoms with Gasteiger partial charge in [-0.15, -0.1) is 0 Å². The van der Waals surface area contributed by atoms with E-state index in [9.17, 15) is 4.79 Å². The van der Waals surface area contributed by atoms with E-state index >= 15 is 0 Å². The largest absolute Gasteiger partial charge is 0.445 e. The van der Waals surface area contributed by atoms with Crippen LogP contribution in [0.2, 0.25) is 0 Å². The van der Waals surface area contributed by atoms with E-state index in [1.165, 1.54) is 0 Å². The van der Waals surface area contributed by atoms with Gasteiger partial charge >= 0.3 is 6.09 Å². The second-order valence-corrected chi connectivity index (χ2v) is 4.70. The number of alkyl carbamates (subject to hydrolysis) is 1. The van der Waals surface area contributed by atoms with E-state index in [4.69, 9.17) is 16.2 Å². The Bertz CT molecular complexity index is 654. The molecule has 0 aliphatic carbocycles. The van der Waals surface area contributed by atoms with Gasteiger partial charge in [0.1, 0.15) is 6.61 Å². The highest BCUT2D eigenvalue weighted by Gasteiger charge is 2.01. The molecule has 0 fully saturated rings. The van der Waals surface area contributed by atoms with Crippen molar-refractivity contribution in [3.05, 3.63) is 65.7 Å². The van der Waals surface area contributed by atoms with Crippen LogP contribution in [-0.2, 0) is 11.3 Å². The number of nitrogens with one attached hydrogen (secondary N) is 1. The van der Waals surface area contributed by atoms with Gasteiger partial charge in [-0.3, -0.25) is 0 Å². The first kappa shape index (κ1) is 15.4. The van der Waals surface area contributed by atoms with Gasteiger partial charge in [-0.05, 0) is 17.2 Å². The number of ether oxygens (including phenoxy) is 1. The summed E-state index contributed by atoms with van der Waals surface area (Å²) in [6.07, 6.45) is 3.13. The van der Waals surface area contributed by atoms with Gasteiger partial charge in [-0.2, -0.15) is 0 Å². The number of nitrogens with two attached hydrogens (primary N) is 2. The van der Waals surface area contributed by atoms with Gasteiger partial charge in [0.25, 0.3) is 0 Å². The van der Waals surface area contributed by atoms with Crippen LogP contribution in [0.1, 0.15) is 11.1 Å². The number of hydrogen-bond donors (Lipinski definition) is 3. The fourth-order valence-electron chi connectivity index (χ4n) is 1.85. The van der Waals surface area contributed by atoms with Crippen LogP contribution >= 0.6 is 0 Å². The number of rotatable bonds is 5. The molecular formula is C17H19N3O2. The Morgan fingerprint density at radius 2 is 1.86 bits per heavy atom. The fraction of sp³-hybridized carbons (Fsp3) is 0.118. The summed E-state index contributed by atoms with van der Waals surface area (Å²) >= 11 is 0. The molecule has 5 heteroatoms. The molecule has 0 heterocycles. The second-order valence-electron chi connectivity index (χ2n) is 4.70. The number of carbonyl (C=O) groups is 1. The van der Waals surface area contributed by atoms with Crippen molar-refractivity contribution in [1.82, 2.24) is 5.32 Å². The summed E-state index contributed by atoms with van der Waals surface area (Å²) in [6, 6.07) is 14.9. The van der Waals surface area contributed by atoms with Crippen LogP contribution in [-0.4, -0.2) is 12.6 Å². The Balaban J connectivity index is 1.75. The predicted molar refractivity (Wildman–Crippen MR) is 88.9 cm³/mol. The lowest BCUT2D eigenvalue weighted by Crippen LogP contribution is -2.24. The molecular weight excluding hydrogens is 278 g/mol. The summed E-state index contributed by atoms with van der Waals surface area (Å²) in [5.41, 5.74) is 14.4. The maximum absolute atomic E-state index is 11.5. The van der Waals surface area contributed by atoms with Crippen LogP contribution < -0.4 is 16.8 Å². The van der Waals surface area contributed by atoms with Crippen LogP contribution in [0.4, 0.5) is 16.2 Å². The third-order valence-electron chi connectivity index (χ3n) is 3.05. The van der Waals surface area contributed by atoms with Gasteiger partial charge in [0.2, 0.25) is 0 Å². The second kappa shape index (κ2) is 7.73. The van der Waals surface area contributed by atoms with Crippen molar-refractivity contribution < 1.29 is 9.53 Å². The van der Waals surface area contributed by atoms with E-state index in [2.05, 4.69) is 5.32 Å². The third kappa shape index (κ3) is 4.56. The van der Waals surface area contributed by atoms with Crippen molar-refractivity contribution in [2.24, 2.45) is 0 Å². The molecule has 0 saturated carbocycles. The molecule has 0 bridgehead atoms. The van der Waals surface area contributed by atoms with Crippen LogP contribution in [0.5, 0.6) is 0 Å². The van der Waals surface area contributed by atoms with Crippen molar-refractivity contribution in [2.45, 2.75) is 6.61 Å². The van der Waals surface area contributed by atoms with Gasteiger partial charge in [0, 0.05) is 6.54 Å². The fourth-order valence-corrected chi connectivity index (χ4v) is 1.85. The summed E-state index contributed by atoms with van der Waals surface area (Å²) in [7, 11) is 0. The summed E-state index contributed by atoms with van der Waals surface area (Å²) in [4.78, 5) is 11.5. The first-order chi connectivity index (χ1) is 10.7. The molecule has 0 aliphatic heterocycles. The minimum absolute atomic E-state index is 0.249. The number of benzene rings is 2. The first-order valence-electron chi connectivity index (χ1n) is 6.92. The van der Waals surface area contributed by atoms with E-state index in [1.54, 1.807) is 12.1 Å². The molecule has 5 N–H and O–H groups in total. The molecule has 5 nitrogen and oxygen atoms in total. The van der Waals surface area contributed by atoms with Crippen LogP contribution in [0.25, 0.3) is 6.08 Å². The van der Waals surface area contributed by atoms with E-state index < -0.39 is 6.09 Å². The van der Waals surface area contributed by atoms with Gasteiger partial charge in [0.05, 0.1) is 11.4 Å². The molecule has 0 radical (unpaired) electrons. The van der Waals surface area contributed by atoms with Gasteiger partial charge < -0.3 is 21.5 Å². The van der Waals surface area contributed by atoms with Crippen LogP contribution in [0.3, 0.4) is 0 Å². The maximum Gasteiger partial charge on any atom is 0.407 e. The highest BCUT2D eigenvalue weighted by molar-refractivity contribution is 5.76. The number of para-hydroxylation sites is 1. The Morgan fingerprint density at radius 3 is 2.64 bits per heavy atom. The van der Waals surface area contributed by atoms with Gasteiger partial charge in [0.15, 0.2) is 0 Å². The van der Waals surface area contributed by atoms with Crippen LogP contribution in [0, 0.1) is 0 Å². The first-order valence-corrected chi connectivity index (χ1v) is 6.92. The summed E-state index contributed by atoms with van der Waals surface area (Å²) in [6.45, 7) is 0.598. The smallest absolute Gasteiger partial charge is 0.407 e. The zero-order chi connectivity index (χ0) is 15.8. The standard InChI is InChI=1S/C17H19N3O2/c18-15-10-4-8-14(16(15)19)9-5-11-20-17(21)22-12-13-6-2-1-3-7-13/h1-10H,11-12,18-19H2,(H,20,21). The Labute approximate surface area is 129 Å². The molecule has 1 amide bonds. The maximum atomic E-state index is 11.5. The van der Waals surface area contributed by atoms with Crippen molar-refractivity contribution >= 4 is 23.5 Å². The van der Waals surface area contributed by atoms with E-state index in [0.29, 0.717) is 17.9 Å². The van der Waals surface area contributed by atoms with Crippen LogP contribution in [0.15, 0.2) is 54.6 Å². The van der Waals surface area contributed by atoms with Crippen molar-refractivity contribution in [3.63, 3.8) is 0 Å². The van der Waals surface area contributed by atoms with Gasteiger partial charge in [-0.1, -0.05) is 54.6 Å². The monoisotopic (exact) mass is 297 g/mol. The number of carbonyl (C=O) groups excluding carboxylic acids is 1. The van der Waals surface area contributed by atoms with Crippen molar-refractivity contribution in [1.29, 1.82) is 0 Å². The molecule has 0 unspecified atom stereocenters. The van der Waals surface area contributed by atoms with E-state index in [-0.39, 0.29) is 6.61 Å². The zero-order valence-corrected chi connectivity index (χ0v) is 12.2. The minimum Gasteiger partial charge on any atom is -0.445 e. The molecule has 0 saturated heterocycles. The average Bonchev–Trinajstić information content (AvgIpc) is 2.54. The normalized spacial score (nSPS) is 10.5. The summed E-state index contributed by atoms with van der Waals surface area (Å²) in [5, 5.41) is 2.64. The topological polar surface area (TPSA) is 90.4 Å². The lowest BCUT2D eigenvalue weighted by molar-refractivity contribution is 0.141. The predicted octanol–water partition coefficient (Wildman–Crippen LogP) is 2.79. The summed E-state index contributed by atoms with van der Waals surface area (Å²) in [5.74, 6) is 0. The molecule has 2 aromatic carbocycles. The number of amides is 1. The number of nitrogen functional groups attached to an aromatic ring is 2. The SMILES string of the molecule is Nc1cccc(C=CCNC(=O)OCc2ccccc2)c1N. The van der Waals surface area contributed by atoms with Gasteiger partial charge in [-0.25, -0.2) is 4.79 Å². The summed E-state index contributed by atoms with van der Waals surface area (Å²) < 4.78 is 5.09. The minimum atomic E-state index is -0.464. The van der Waals surface area contributed by atoms with Crippen molar-refractivity contribution in [3.8, 4) is 0 Å². The Kier molecular flexibility index (Phi) is 5.43. The third-order valence-corrected chi connectivity index (χ3v) is 3.05. The number of hydrogen-bond acceptors (Lipinski definition) is 4. The highest BCUT2D eigenvalue weighted by Crippen LogP contribution is 2.20. The molecule has 0 spiro atoms. The molecule has 0 aromatic heterocycles. The molecule has 0 aliphatic rings. The zero-order valence-electron chi connectivity index (χ0n) is 12.2. The number of anilines is 2. The Morgan fingerprint density at radius 1 is 1.09 bits per heavy atom. The molecule has 22 heavy (non-hydrogen) atoms. The molecule has 114 valence electrons. The molecule has 0 atom stereocenters. The Hall–Kier alpha value is -2.95. The highest BCUT2D eigenvalue weighted by atomic mass is 16.5. The lowest BCUT2D eigenvalue weighted by Gasteiger charge is -2.06. The van der Waals surface area contributed by atoms with E-state index in [0.717, 1.165) is 11.1 Å². The molecule has 2 rings (SSSR count).